The monoisotopic (exact) mass is 416 g/mol. The first-order valence-corrected chi connectivity index (χ1v) is 9.17. The molecule has 0 aliphatic carbocycles. The van der Waals surface area contributed by atoms with Crippen LogP contribution in [0.4, 0.5) is 17.2 Å². The molecule has 0 unspecified atom stereocenters. The summed E-state index contributed by atoms with van der Waals surface area (Å²) in [6.45, 7) is 0. The van der Waals surface area contributed by atoms with E-state index < -0.39 is 16.6 Å². The van der Waals surface area contributed by atoms with Gasteiger partial charge in [-0.05, 0) is 35.0 Å². The summed E-state index contributed by atoms with van der Waals surface area (Å²) in [4.78, 5) is 31.1. The number of hydrogen-bond donors (Lipinski definition) is 1. The predicted octanol–water partition coefficient (Wildman–Crippen LogP) is 4.86. The fourth-order valence-electron chi connectivity index (χ4n) is 3.04. The van der Waals surface area contributed by atoms with E-state index in [0.29, 0.717) is 11.4 Å². The van der Waals surface area contributed by atoms with Crippen molar-refractivity contribution in [3.05, 3.63) is 88.7 Å². The maximum absolute atomic E-state index is 12.0. The lowest BCUT2D eigenvalue weighted by Crippen LogP contribution is -2.08. The molecule has 0 radical (unpaired) electrons. The number of fused-ring (bicyclic) bond motifs is 1. The van der Waals surface area contributed by atoms with Gasteiger partial charge < -0.3 is 14.8 Å². The van der Waals surface area contributed by atoms with Crippen LogP contribution in [0.3, 0.4) is 0 Å². The van der Waals surface area contributed by atoms with Crippen molar-refractivity contribution in [1.29, 1.82) is 0 Å². The lowest BCUT2D eigenvalue weighted by Gasteiger charge is -2.12. The first-order chi connectivity index (χ1) is 15.1. The molecule has 1 aromatic heterocycles. The third kappa shape index (κ3) is 4.10. The highest BCUT2D eigenvalue weighted by molar-refractivity contribution is 5.96. The van der Waals surface area contributed by atoms with Crippen LogP contribution in [-0.2, 0) is 4.74 Å². The molecule has 0 saturated carbocycles. The number of para-hydroxylation sites is 1. The van der Waals surface area contributed by atoms with Gasteiger partial charge in [-0.25, -0.2) is 9.78 Å². The van der Waals surface area contributed by atoms with Crippen LogP contribution in [-0.4, -0.2) is 28.0 Å². The van der Waals surface area contributed by atoms with Gasteiger partial charge in [-0.15, -0.1) is 0 Å². The molecule has 31 heavy (non-hydrogen) atoms. The molecule has 0 saturated heterocycles. The second-order valence-electron chi connectivity index (χ2n) is 6.41. The zero-order valence-corrected chi connectivity index (χ0v) is 16.3. The minimum absolute atomic E-state index is 0.118. The van der Waals surface area contributed by atoms with Gasteiger partial charge in [-0.3, -0.25) is 10.1 Å². The number of esters is 1. The number of methoxy groups -OCH3 is 1. The molecule has 3 aromatic carbocycles. The molecule has 9 nitrogen and oxygen atoms in total. The number of nitro groups is 1. The number of aromatic nitrogens is 2. The predicted molar refractivity (Wildman–Crippen MR) is 114 cm³/mol. The molecular formula is C22H16N4O5. The Hall–Kier alpha value is -4.53. The van der Waals surface area contributed by atoms with Crippen molar-refractivity contribution < 1.29 is 19.2 Å². The molecule has 154 valence electrons. The number of benzene rings is 3. The number of hydrogen-bond acceptors (Lipinski definition) is 8. The van der Waals surface area contributed by atoms with Crippen molar-refractivity contribution in [3.63, 3.8) is 0 Å². The quantitative estimate of drug-likeness (QED) is 0.269. The maximum Gasteiger partial charge on any atom is 0.373 e. The van der Waals surface area contributed by atoms with Gasteiger partial charge in [-0.1, -0.05) is 42.5 Å². The molecule has 1 N–H and O–H groups in total. The molecule has 0 amide bonds. The average molecular weight is 416 g/mol. The average Bonchev–Trinajstić information content (AvgIpc) is 2.79. The van der Waals surface area contributed by atoms with Crippen molar-refractivity contribution in [2.24, 2.45) is 0 Å². The third-order valence-corrected chi connectivity index (χ3v) is 4.49. The lowest BCUT2D eigenvalue weighted by atomic mass is 10.1. The van der Waals surface area contributed by atoms with E-state index in [1.165, 1.54) is 13.2 Å². The number of anilines is 2. The van der Waals surface area contributed by atoms with Gasteiger partial charge >= 0.3 is 17.5 Å². The highest BCUT2D eigenvalue weighted by Crippen LogP contribution is 2.36. The van der Waals surface area contributed by atoms with Gasteiger partial charge in [0.1, 0.15) is 12.1 Å². The normalized spacial score (nSPS) is 10.5. The highest BCUT2D eigenvalue weighted by atomic mass is 16.6. The van der Waals surface area contributed by atoms with Crippen molar-refractivity contribution in [2.45, 2.75) is 0 Å². The smallest absolute Gasteiger partial charge is 0.373 e. The topological polar surface area (TPSA) is 116 Å². The van der Waals surface area contributed by atoms with Gasteiger partial charge in [0.05, 0.1) is 23.3 Å². The number of ether oxygens (including phenoxy) is 2. The first kappa shape index (κ1) is 19.8. The van der Waals surface area contributed by atoms with Crippen LogP contribution in [0.1, 0.15) is 10.4 Å². The SMILES string of the molecule is COC(=O)c1ccccc1Nc1ncnc(Oc2ccc3ccccc3c2)c1[N+](=O)[O-]. The summed E-state index contributed by atoms with van der Waals surface area (Å²) >= 11 is 0. The number of nitrogens with one attached hydrogen (secondary N) is 1. The van der Waals surface area contributed by atoms with Crippen LogP contribution in [0.2, 0.25) is 0 Å². The second kappa shape index (κ2) is 8.46. The number of nitrogens with zero attached hydrogens (tertiary/aromatic N) is 3. The zero-order chi connectivity index (χ0) is 21.8. The van der Waals surface area contributed by atoms with Crippen LogP contribution in [0.15, 0.2) is 73.1 Å². The van der Waals surface area contributed by atoms with Crippen LogP contribution in [0.25, 0.3) is 10.8 Å². The Balaban J connectivity index is 1.72. The van der Waals surface area contributed by atoms with E-state index in [0.717, 1.165) is 17.1 Å². The molecule has 0 bridgehead atoms. The summed E-state index contributed by atoms with van der Waals surface area (Å²) in [5.41, 5.74) is 0.0399. The van der Waals surface area contributed by atoms with E-state index in [1.807, 2.05) is 30.3 Å². The summed E-state index contributed by atoms with van der Waals surface area (Å²) < 4.78 is 10.5. The molecular weight excluding hydrogens is 400 g/mol. The van der Waals surface area contributed by atoms with Gasteiger partial charge in [0.2, 0.25) is 5.82 Å². The summed E-state index contributed by atoms with van der Waals surface area (Å²) in [5.74, 6) is -0.547. The van der Waals surface area contributed by atoms with Crippen LogP contribution in [0, 0.1) is 10.1 Å². The standard InChI is InChI=1S/C22H16N4O5/c1-30-22(27)17-8-4-5-9-18(17)25-20-19(26(28)29)21(24-13-23-20)31-16-11-10-14-6-2-3-7-15(14)12-16/h2-13H,1H3,(H,23,24,25). The van der Waals surface area contributed by atoms with Crippen molar-refractivity contribution in [3.8, 4) is 11.6 Å². The zero-order valence-electron chi connectivity index (χ0n) is 16.3. The Morgan fingerprint density at radius 1 is 1.00 bits per heavy atom. The van der Waals surface area contributed by atoms with Gasteiger partial charge in [0.15, 0.2) is 0 Å². The Morgan fingerprint density at radius 2 is 1.74 bits per heavy atom. The van der Waals surface area contributed by atoms with E-state index in [1.54, 1.807) is 30.3 Å². The van der Waals surface area contributed by atoms with Crippen molar-refractivity contribution >= 4 is 33.9 Å². The Bertz CT molecular complexity index is 1290. The van der Waals surface area contributed by atoms with E-state index >= 15 is 0 Å². The van der Waals surface area contributed by atoms with E-state index in [9.17, 15) is 14.9 Å². The van der Waals surface area contributed by atoms with Crippen molar-refractivity contribution in [2.75, 3.05) is 12.4 Å². The fourth-order valence-corrected chi connectivity index (χ4v) is 3.04. The lowest BCUT2D eigenvalue weighted by molar-refractivity contribution is -0.385. The third-order valence-electron chi connectivity index (χ3n) is 4.49. The molecule has 0 aliphatic rings. The minimum Gasteiger partial charge on any atom is -0.465 e. The number of carbonyl (C=O) groups is 1. The fraction of sp³-hybridized carbons (Fsp3) is 0.0455. The second-order valence-corrected chi connectivity index (χ2v) is 6.41. The van der Waals surface area contributed by atoms with Gasteiger partial charge in [0, 0.05) is 0 Å². The molecule has 9 heteroatoms. The number of rotatable bonds is 6. The van der Waals surface area contributed by atoms with Crippen molar-refractivity contribution in [1.82, 2.24) is 9.97 Å². The van der Waals surface area contributed by atoms with Gasteiger partial charge in [-0.2, -0.15) is 4.98 Å². The van der Waals surface area contributed by atoms with E-state index in [2.05, 4.69) is 15.3 Å². The Kier molecular flexibility index (Phi) is 5.39. The number of carbonyl (C=O) groups excluding carboxylic acids is 1. The Morgan fingerprint density at radius 3 is 2.52 bits per heavy atom. The molecule has 0 fully saturated rings. The first-order valence-electron chi connectivity index (χ1n) is 9.17. The summed E-state index contributed by atoms with van der Waals surface area (Å²) in [5, 5.41) is 16.6. The van der Waals surface area contributed by atoms with Crippen LogP contribution < -0.4 is 10.1 Å². The van der Waals surface area contributed by atoms with E-state index in [4.69, 9.17) is 9.47 Å². The molecule has 0 atom stereocenters. The molecule has 1 heterocycles. The molecule has 4 aromatic rings. The molecule has 0 aliphatic heterocycles. The summed E-state index contributed by atoms with van der Waals surface area (Å²) in [6.07, 6.45) is 1.15. The summed E-state index contributed by atoms with van der Waals surface area (Å²) in [7, 11) is 1.25. The summed E-state index contributed by atoms with van der Waals surface area (Å²) in [6, 6.07) is 19.4. The largest absolute Gasteiger partial charge is 0.465 e. The van der Waals surface area contributed by atoms with E-state index in [-0.39, 0.29) is 17.3 Å². The molecule has 4 rings (SSSR count). The van der Waals surface area contributed by atoms with Crippen LogP contribution >= 0.6 is 0 Å². The maximum atomic E-state index is 12.0. The molecule has 0 spiro atoms. The van der Waals surface area contributed by atoms with Crippen LogP contribution in [0.5, 0.6) is 11.6 Å². The highest BCUT2D eigenvalue weighted by Gasteiger charge is 2.26. The Labute approximate surface area is 176 Å². The minimum atomic E-state index is -0.639. The van der Waals surface area contributed by atoms with Gasteiger partial charge in [0.25, 0.3) is 0 Å².